The van der Waals surface area contributed by atoms with Crippen LogP contribution in [0.25, 0.3) is 11.3 Å². The highest BCUT2D eigenvalue weighted by molar-refractivity contribution is 6.17. The smallest absolute Gasteiger partial charge is 0.194 e. The first kappa shape index (κ1) is 12.9. The van der Waals surface area contributed by atoms with Crippen LogP contribution in [0.3, 0.4) is 0 Å². The second-order valence-corrected chi connectivity index (χ2v) is 4.13. The minimum Gasteiger partial charge on any atom is -0.497 e. The van der Waals surface area contributed by atoms with Crippen LogP contribution in [0, 0.1) is 5.82 Å². The Morgan fingerprint density at radius 2 is 2.28 bits per heavy atom. The molecule has 1 aromatic carbocycles. The first-order chi connectivity index (χ1) is 8.74. The van der Waals surface area contributed by atoms with Crippen molar-refractivity contribution in [3.63, 3.8) is 0 Å². The summed E-state index contributed by atoms with van der Waals surface area (Å²) in [4.78, 5) is 4.09. The molecule has 18 heavy (non-hydrogen) atoms. The van der Waals surface area contributed by atoms with E-state index in [-0.39, 0.29) is 0 Å². The third-order valence-electron chi connectivity index (χ3n) is 2.52. The van der Waals surface area contributed by atoms with Crippen LogP contribution in [0.15, 0.2) is 28.8 Å². The van der Waals surface area contributed by atoms with Gasteiger partial charge in [-0.05, 0) is 18.6 Å². The van der Waals surface area contributed by atoms with Crippen LogP contribution in [0.1, 0.15) is 12.3 Å². The van der Waals surface area contributed by atoms with Gasteiger partial charge >= 0.3 is 0 Å². The van der Waals surface area contributed by atoms with Crippen molar-refractivity contribution >= 4 is 11.6 Å². The molecule has 96 valence electrons. The summed E-state index contributed by atoms with van der Waals surface area (Å²) in [6.07, 6.45) is 2.96. The molecule has 5 heteroatoms. The van der Waals surface area contributed by atoms with Gasteiger partial charge < -0.3 is 9.15 Å². The largest absolute Gasteiger partial charge is 0.497 e. The summed E-state index contributed by atoms with van der Waals surface area (Å²) in [6, 6.07) is 4.61. The average Bonchev–Trinajstić information content (AvgIpc) is 2.84. The van der Waals surface area contributed by atoms with Crippen LogP contribution in [-0.4, -0.2) is 18.0 Å². The van der Waals surface area contributed by atoms with Gasteiger partial charge in [-0.2, -0.15) is 0 Å². The SMILES string of the molecule is COc1ccc(-c2cnc(CCCCl)o2)c(F)c1. The van der Waals surface area contributed by atoms with Gasteiger partial charge in [0.1, 0.15) is 11.6 Å². The van der Waals surface area contributed by atoms with Gasteiger partial charge in [0.25, 0.3) is 0 Å². The minimum atomic E-state index is -0.394. The van der Waals surface area contributed by atoms with Crippen molar-refractivity contribution in [2.75, 3.05) is 13.0 Å². The lowest BCUT2D eigenvalue weighted by atomic mass is 10.1. The Hall–Kier alpha value is -1.55. The topological polar surface area (TPSA) is 35.3 Å². The molecule has 0 aliphatic rings. The number of alkyl halides is 1. The lowest BCUT2D eigenvalue weighted by molar-refractivity contribution is 0.411. The molecule has 0 amide bonds. The lowest BCUT2D eigenvalue weighted by Gasteiger charge is -2.02. The van der Waals surface area contributed by atoms with Crippen LogP contribution in [0.2, 0.25) is 0 Å². The molecule has 2 aromatic rings. The summed E-state index contributed by atoms with van der Waals surface area (Å²) in [7, 11) is 1.49. The number of methoxy groups -OCH3 is 1. The molecule has 0 fully saturated rings. The Labute approximate surface area is 110 Å². The molecule has 0 aliphatic carbocycles. The zero-order valence-corrected chi connectivity index (χ0v) is 10.7. The van der Waals surface area contributed by atoms with Crippen molar-refractivity contribution in [3.05, 3.63) is 36.1 Å². The first-order valence-corrected chi connectivity index (χ1v) is 6.12. The second kappa shape index (κ2) is 5.87. The molecule has 0 spiro atoms. The maximum Gasteiger partial charge on any atom is 0.194 e. The summed E-state index contributed by atoms with van der Waals surface area (Å²) in [5.41, 5.74) is 0.375. The van der Waals surface area contributed by atoms with Crippen molar-refractivity contribution in [2.45, 2.75) is 12.8 Å². The van der Waals surface area contributed by atoms with E-state index < -0.39 is 5.82 Å². The van der Waals surface area contributed by atoms with E-state index in [0.717, 1.165) is 6.42 Å². The van der Waals surface area contributed by atoms with Crippen molar-refractivity contribution in [2.24, 2.45) is 0 Å². The predicted octanol–water partition coefficient (Wildman–Crippen LogP) is 3.66. The average molecular weight is 270 g/mol. The van der Waals surface area contributed by atoms with Crippen molar-refractivity contribution in [1.29, 1.82) is 0 Å². The molecule has 0 unspecified atom stereocenters. The van der Waals surface area contributed by atoms with E-state index >= 15 is 0 Å². The normalized spacial score (nSPS) is 10.6. The number of ether oxygens (including phenoxy) is 1. The predicted molar refractivity (Wildman–Crippen MR) is 67.5 cm³/mol. The van der Waals surface area contributed by atoms with E-state index in [1.165, 1.54) is 19.4 Å². The third-order valence-corrected chi connectivity index (χ3v) is 2.79. The Bertz CT molecular complexity index is 527. The maximum atomic E-state index is 13.8. The summed E-state index contributed by atoms with van der Waals surface area (Å²) >= 11 is 5.59. The number of benzene rings is 1. The van der Waals surface area contributed by atoms with E-state index in [1.54, 1.807) is 12.1 Å². The number of nitrogens with zero attached hydrogens (tertiary/aromatic N) is 1. The first-order valence-electron chi connectivity index (χ1n) is 5.59. The van der Waals surface area contributed by atoms with Gasteiger partial charge in [-0.1, -0.05) is 0 Å². The Balaban J connectivity index is 2.23. The van der Waals surface area contributed by atoms with Gasteiger partial charge in [-0.3, -0.25) is 0 Å². The highest BCUT2D eigenvalue weighted by Gasteiger charge is 2.11. The van der Waals surface area contributed by atoms with Crippen LogP contribution in [0.4, 0.5) is 4.39 Å². The number of halogens is 2. The molecule has 0 radical (unpaired) electrons. The van der Waals surface area contributed by atoms with Gasteiger partial charge in [-0.25, -0.2) is 9.37 Å². The molecule has 1 aromatic heterocycles. The van der Waals surface area contributed by atoms with Crippen molar-refractivity contribution in [3.8, 4) is 17.1 Å². The quantitative estimate of drug-likeness (QED) is 0.777. The van der Waals surface area contributed by atoms with E-state index in [4.69, 9.17) is 20.8 Å². The second-order valence-electron chi connectivity index (χ2n) is 3.76. The lowest BCUT2D eigenvalue weighted by Crippen LogP contribution is -1.87. The van der Waals surface area contributed by atoms with Crippen LogP contribution >= 0.6 is 11.6 Å². The number of hydrogen-bond acceptors (Lipinski definition) is 3. The van der Waals surface area contributed by atoms with E-state index in [9.17, 15) is 4.39 Å². The zero-order chi connectivity index (χ0) is 13.0. The number of aromatic nitrogens is 1. The number of aryl methyl sites for hydroxylation is 1. The summed E-state index contributed by atoms with van der Waals surface area (Å²) < 4.78 is 24.2. The highest BCUT2D eigenvalue weighted by Crippen LogP contribution is 2.27. The number of oxazole rings is 1. The Morgan fingerprint density at radius 1 is 1.44 bits per heavy atom. The Kier molecular flexibility index (Phi) is 4.20. The standard InChI is InChI=1S/C13H13ClFNO2/c1-17-9-4-5-10(11(15)7-9)12-8-16-13(18-12)3-2-6-14/h4-5,7-8H,2-3,6H2,1H3. The molecule has 1 heterocycles. The van der Waals surface area contributed by atoms with Crippen molar-refractivity contribution < 1.29 is 13.5 Å². The monoisotopic (exact) mass is 269 g/mol. The third kappa shape index (κ3) is 2.82. The number of rotatable bonds is 5. The molecule has 0 saturated carbocycles. The van der Waals surface area contributed by atoms with E-state index in [0.29, 0.717) is 35.3 Å². The van der Waals surface area contributed by atoms with Crippen LogP contribution in [0.5, 0.6) is 5.75 Å². The Morgan fingerprint density at radius 3 is 2.94 bits per heavy atom. The van der Waals surface area contributed by atoms with Gasteiger partial charge in [0, 0.05) is 18.4 Å². The van der Waals surface area contributed by atoms with E-state index in [1.807, 2.05) is 0 Å². The van der Waals surface area contributed by atoms with E-state index in [2.05, 4.69) is 4.98 Å². The van der Waals surface area contributed by atoms with Gasteiger partial charge in [0.2, 0.25) is 0 Å². The maximum absolute atomic E-state index is 13.8. The molecule has 0 bridgehead atoms. The van der Waals surface area contributed by atoms with Crippen molar-refractivity contribution in [1.82, 2.24) is 4.98 Å². The molecule has 3 nitrogen and oxygen atoms in total. The molecule has 2 rings (SSSR count). The number of hydrogen-bond donors (Lipinski definition) is 0. The summed E-state index contributed by atoms with van der Waals surface area (Å²) in [6.45, 7) is 0. The minimum absolute atomic E-state index is 0.375. The fourth-order valence-electron chi connectivity index (χ4n) is 1.59. The zero-order valence-electron chi connectivity index (χ0n) is 9.95. The van der Waals surface area contributed by atoms with Crippen LogP contribution < -0.4 is 4.74 Å². The van der Waals surface area contributed by atoms with Gasteiger partial charge in [0.15, 0.2) is 11.7 Å². The molecule has 0 atom stereocenters. The molecule has 0 aliphatic heterocycles. The molecular formula is C13H13ClFNO2. The van der Waals surface area contributed by atoms with Gasteiger partial charge in [0.05, 0.1) is 18.9 Å². The summed E-state index contributed by atoms with van der Waals surface area (Å²) in [5.74, 6) is 1.61. The fourth-order valence-corrected chi connectivity index (χ4v) is 1.72. The highest BCUT2D eigenvalue weighted by atomic mass is 35.5. The molecule has 0 N–H and O–H groups in total. The summed E-state index contributed by atoms with van der Waals surface area (Å²) in [5, 5.41) is 0. The fraction of sp³-hybridized carbons (Fsp3) is 0.308. The molecular weight excluding hydrogens is 257 g/mol. The van der Waals surface area contributed by atoms with Crippen LogP contribution in [-0.2, 0) is 6.42 Å². The van der Waals surface area contributed by atoms with Gasteiger partial charge in [-0.15, -0.1) is 11.6 Å². The molecule has 0 saturated heterocycles.